The average molecular weight is 270 g/mol. The molecular weight excluding hydrogens is 244 g/mol. The molecule has 1 saturated heterocycles. The Morgan fingerprint density at radius 3 is 2.42 bits per heavy atom. The van der Waals surface area contributed by atoms with Crippen LogP contribution in [-0.2, 0) is 9.53 Å². The Morgan fingerprint density at radius 2 is 1.84 bits per heavy atom. The van der Waals surface area contributed by atoms with Gasteiger partial charge in [0.25, 0.3) is 0 Å². The number of methoxy groups -OCH3 is 1. The number of hydrogen-bond acceptors (Lipinski definition) is 4. The van der Waals surface area contributed by atoms with Gasteiger partial charge in [-0.05, 0) is 19.8 Å². The van der Waals surface area contributed by atoms with Crippen LogP contribution < -0.4 is 0 Å². The predicted octanol–water partition coefficient (Wildman–Crippen LogP) is 1.03. The molecule has 1 saturated carbocycles. The molecule has 19 heavy (non-hydrogen) atoms. The average Bonchev–Trinajstić information content (AvgIpc) is 2.46. The third-order valence-corrected chi connectivity index (χ3v) is 4.69. The van der Waals surface area contributed by atoms with Gasteiger partial charge in [-0.15, -0.1) is 0 Å². The fourth-order valence-electron chi connectivity index (χ4n) is 3.38. The van der Waals surface area contributed by atoms with Gasteiger partial charge in [0.2, 0.25) is 0 Å². The summed E-state index contributed by atoms with van der Waals surface area (Å²) in [5.41, 5.74) is 0. The second-order valence-corrected chi connectivity index (χ2v) is 5.71. The number of hydrogen-bond donors (Lipinski definition) is 1. The van der Waals surface area contributed by atoms with Crippen LogP contribution in [0.25, 0.3) is 0 Å². The highest BCUT2D eigenvalue weighted by molar-refractivity contribution is 5.72. The van der Waals surface area contributed by atoms with E-state index in [0.717, 1.165) is 32.6 Å². The van der Waals surface area contributed by atoms with E-state index in [0.29, 0.717) is 12.1 Å². The maximum atomic E-state index is 11.0. The van der Waals surface area contributed by atoms with Crippen molar-refractivity contribution in [3.05, 3.63) is 0 Å². The van der Waals surface area contributed by atoms with E-state index in [1.165, 1.54) is 19.3 Å². The minimum atomic E-state index is -0.721. The molecular formula is C14H26N2O3. The topological polar surface area (TPSA) is 53.0 Å². The van der Waals surface area contributed by atoms with Gasteiger partial charge in [0.1, 0.15) is 6.04 Å². The van der Waals surface area contributed by atoms with Crippen LogP contribution in [0.3, 0.4) is 0 Å². The molecule has 2 aliphatic rings. The van der Waals surface area contributed by atoms with Crippen molar-refractivity contribution in [1.82, 2.24) is 9.80 Å². The van der Waals surface area contributed by atoms with Crippen LogP contribution in [0.15, 0.2) is 0 Å². The maximum Gasteiger partial charge on any atom is 0.320 e. The van der Waals surface area contributed by atoms with Gasteiger partial charge in [-0.25, -0.2) is 0 Å². The molecule has 0 aromatic heterocycles. The van der Waals surface area contributed by atoms with Crippen molar-refractivity contribution in [3.8, 4) is 0 Å². The largest absolute Gasteiger partial charge is 0.480 e. The molecule has 2 rings (SSSR count). The van der Waals surface area contributed by atoms with Crippen LogP contribution in [-0.4, -0.2) is 72.4 Å². The number of rotatable bonds is 4. The van der Waals surface area contributed by atoms with Crippen LogP contribution in [0.2, 0.25) is 0 Å². The molecule has 5 nitrogen and oxygen atoms in total. The first-order valence-electron chi connectivity index (χ1n) is 7.37. The fraction of sp³-hybridized carbons (Fsp3) is 0.929. The summed E-state index contributed by atoms with van der Waals surface area (Å²) in [4.78, 5) is 15.6. The summed E-state index contributed by atoms with van der Waals surface area (Å²) in [6.45, 7) is 5.39. The first kappa shape index (κ1) is 14.8. The summed E-state index contributed by atoms with van der Waals surface area (Å²) < 4.78 is 5.62. The second kappa shape index (κ2) is 6.68. The Morgan fingerprint density at radius 1 is 1.21 bits per heavy atom. The van der Waals surface area contributed by atoms with E-state index in [1.54, 1.807) is 6.92 Å². The van der Waals surface area contributed by atoms with Crippen molar-refractivity contribution in [3.63, 3.8) is 0 Å². The fourth-order valence-corrected chi connectivity index (χ4v) is 3.38. The Bertz CT molecular complexity index is 303. The molecule has 0 radical (unpaired) electrons. The molecule has 5 heteroatoms. The Hall–Kier alpha value is -0.650. The highest BCUT2D eigenvalue weighted by Crippen LogP contribution is 2.26. The molecule has 110 valence electrons. The summed E-state index contributed by atoms with van der Waals surface area (Å²) >= 11 is 0. The zero-order valence-corrected chi connectivity index (χ0v) is 12.0. The number of carbonyl (C=O) groups is 1. The van der Waals surface area contributed by atoms with Crippen LogP contribution in [0.1, 0.15) is 32.6 Å². The molecule has 1 aliphatic carbocycles. The molecule has 1 heterocycles. The van der Waals surface area contributed by atoms with Gasteiger partial charge in [-0.3, -0.25) is 14.6 Å². The normalized spacial score (nSPS) is 32.1. The van der Waals surface area contributed by atoms with Crippen LogP contribution in [0, 0.1) is 0 Å². The number of ether oxygens (including phenoxy) is 1. The van der Waals surface area contributed by atoms with Gasteiger partial charge in [-0.1, -0.05) is 12.8 Å². The van der Waals surface area contributed by atoms with E-state index >= 15 is 0 Å². The summed E-state index contributed by atoms with van der Waals surface area (Å²) in [5.74, 6) is -0.721. The first-order valence-corrected chi connectivity index (χ1v) is 7.37. The molecule has 1 aliphatic heterocycles. The minimum absolute atomic E-state index is 0.359. The minimum Gasteiger partial charge on any atom is -0.480 e. The summed E-state index contributed by atoms with van der Waals surface area (Å²) in [7, 11) is 1.81. The van der Waals surface area contributed by atoms with E-state index < -0.39 is 5.97 Å². The Kier molecular flexibility index (Phi) is 5.19. The van der Waals surface area contributed by atoms with Crippen molar-refractivity contribution < 1.29 is 14.6 Å². The number of aliphatic carboxylic acids is 1. The third-order valence-electron chi connectivity index (χ3n) is 4.69. The highest BCUT2D eigenvalue weighted by atomic mass is 16.5. The van der Waals surface area contributed by atoms with Crippen molar-refractivity contribution in [2.75, 3.05) is 33.3 Å². The highest BCUT2D eigenvalue weighted by Gasteiger charge is 2.33. The lowest BCUT2D eigenvalue weighted by Gasteiger charge is -2.44. The second-order valence-electron chi connectivity index (χ2n) is 5.71. The molecule has 0 amide bonds. The standard InChI is InChI=1S/C14H26N2O3/c1-11(14(17)18)15-7-9-16(10-8-15)12-5-3-4-6-13(12)19-2/h11-13H,3-10H2,1-2H3,(H,17,18). The molecule has 0 bridgehead atoms. The van der Waals surface area contributed by atoms with Gasteiger partial charge in [0.05, 0.1) is 6.10 Å². The van der Waals surface area contributed by atoms with Gasteiger partial charge in [0.15, 0.2) is 0 Å². The SMILES string of the molecule is COC1CCCCC1N1CCN(C(C)C(=O)O)CC1. The number of piperazine rings is 1. The lowest BCUT2D eigenvalue weighted by atomic mass is 9.90. The van der Waals surface area contributed by atoms with Gasteiger partial charge >= 0.3 is 5.97 Å². The molecule has 0 spiro atoms. The molecule has 0 aromatic rings. The Balaban J connectivity index is 1.86. The number of carboxylic acids is 1. The smallest absolute Gasteiger partial charge is 0.320 e. The monoisotopic (exact) mass is 270 g/mol. The third kappa shape index (κ3) is 3.46. The van der Waals surface area contributed by atoms with Crippen molar-refractivity contribution in [2.45, 2.75) is 50.8 Å². The van der Waals surface area contributed by atoms with Crippen molar-refractivity contribution in [2.24, 2.45) is 0 Å². The summed E-state index contributed by atoms with van der Waals surface area (Å²) in [6.07, 6.45) is 5.29. The van der Waals surface area contributed by atoms with Crippen LogP contribution in [0.4, 0.5) is 0 Å². The number of carboxylic acid groups (broad SMARTS) is 1. The first-order chi connectivity index (χ1) is 9.13. The molecule has 3 unspecified atom stereocenters. The predicted molar refractivity (Wildman–Crippen MR) is 73.3 cm³/mol. The maximum absolute atomic E-state index is 11.0. The summed E-state index contributed by atoms with van der Waals surface area (Å²) in [5, 5.41) is 9.05. The Labute approximate surface area is 115 Å². The van der Waals surface area contributed by atoms with Crippen molar-refractivity contribution >= 4 is 5.97 Å². The van der Waals surface area contributed by atoms with E-state index in [4.69, 9.17) is 9.84 Å². The molecule has 2 fully saturated rings. The number of nitrogens with zero attached hydrogens (tertiary/aromatic N) is 2. The van der Waals surface area contributed by atoms with Gasteiger partial charge in [0, 0.05) is 39.3 Å². The van der Waals surface area contributed by atoms with Gasteiger partial charge in [-0.2, -0.15) is 0 Å². The van der Waals surface area contributed by atoms with E-state index in [2.05, 4.69) is 9.80 Å². The molecule has 1 N–H and O–H groups in total. The van der Waals surface area contributed by atoms with Crippen LogP contribution >= 0.6 is 0 Å². The zero-order valence-electron chi connectivity index (χ0n) is 12.0. The van der Waals surface area contributed by atoms with Crippen molar-refractivity contribution in [1.29, 1.82) is 0 Å². The van der Waals surface area contributed by atoms with E-state index in [1.807, 2.05) is 7.11 Å². The quantitative estimate of drug-likeness (QED) is 0.827. The lowest BCUT2D eigenvalue weighted by Crippen LogP contribution is -2.57. The molecule has 3 atom stereocenters. The van der Waals surface area contributed by atoms with E-state index in [9.17, 15) is 4.79 Å². The van der Waals surface area contributed by atoms with Crippen LogP contribution in [0.5, 0.6) is 0 Å². The van der Waals surface area contributed by atoms with Gasteiger partial charge < -0.3 is 9.84 Å². The van der Waals surface area contributed by atoms with E-state index in [-0.39, 0.29) is 6.04 Å². The summed E-state index contributed by atoms with van der Waals surface area (Å²) in [6, 6.07) is 0.160. The lowest BCUT2D eigenvalue weighted by molar-refractivity contribution is -0.143. The zero-order chi connectivity index (χ0) is 13.8. The molecule has 0 aromatic carbocycles.